The molecule has 5 rings (SSSR count). The van der Waals surface area contributed by atoms with Crippen LogP contribution in [0.3, 0.4) is 0 Å². The Morgan fingerprint density at radius 2 is 1.68 bits per heavy atom. The van der Waals surface area contributed by atoms with Gasteiger partial charge in [-0.2, -0.15) is 5.10 Å². The minimum Gasteiger partial charge on any atom is -0.333 e. The molecule has 0 aliphatic carbocycles. The van der Waals surface area contributed by atoms with Crippen LogP contribution in [0, 0.1) is 11.6 Å². The predicted molar refractivity (Wildman–Crippen MR) is 140 cm³/mol. The molecule has 1 amide bonds. The maximum atomic E-state index is 13.6. The van der Waals surface area contributed by atoms with E-state index in [-0.39, 0.29) is 17.5 Å². The van der Waals surface area contributed by atoms with Crippen molar-refractivity contribution in [2.45, 2.75) is 33.0 Å². The molecule has 0 radical (unpaired) electrons. The van der Waals surface area contributed by atoms with Crippen molar-refractivity contribution in [3.8, 4) is 5.69 Å². The molecule has 1 aliphatic heterocycles. The first kappa shape index (κ1) is 25.1. The molecule has 0 saturated carbocycles. The van der Waals surface area contributed by atoms with Gasteiger partial charge in [-0.1, -0.05) is 35.9 Å². The molecule has 0 saturated heterocycles. The average Bonchev–Trinajstić information content (AvgIpc) is 3.26. The van der Waals surface area contributed by atoms with Gasteiger partial charge in [-0.25, -0.2) is 13.5 Å². The zero-order chi connectivity index (χ0) is 25.9. The number of aromatic nitrogens is 2. The fourth-order valence-electron chi connectivity index (χ4n) is 4.76. The van der Waals surface area contributed by atoms with Crippen LogP contribution in [0.15, 0.2) is 72.8 Å². The van der Waals surface area contributed by atoms with Crippen LogP contribution in [0.25, 0.3) is 5.69 Å². The second kappa shape index (κ2) is 10.8. The molecule has 37 heavy (non-hydrogen) atoms. The molecule has 4 aromatic rings. The van der Waals surface area contributed by atoms with E-state index < -0.39 is 0 Å². The average molecular weight is 521 g/mol. The predicted octanol–water partition coefficient (Wildman–Crippen LogP) is 6.02. The largest absolute Gasteiger partial charge is 0.333 e. The Bertz CT molecular complexity index is 1400. The molecular formula is C29H27ClF2N4O. The third-order valence-corrected chi connectivity index (χ3v) is 7.05. The van der Waals surface area contributed by atoms with E-state index in [0.29, 0.717) is 36.8 Å². The Balaban J connectivity index is 1.47. The molecular weight excluding hydrogens is 494 g/mol. The van der Waals surface area contributed by atoms with Gasteiger partial charge in [-0.05, 0) is 61.0 Å². The number of nitrogens with zero attached hydrogens (tertiary/aromatic N) is 4. The van der Waals surface area contributed by atoms with Gasteiger partial charge in [0.2, 0.25) is 0 Å². The minimum absolute atomic E-state index is 0.155. The quantitative estimate of drug-likeness (QED) is 0.299. The van der Waals surface area contributed by atoms with Crippen LogP contribution in [0.2, 0.25) is 5.02 Å². The minimum atomic E-state index is -0.307. The highest BCUT2D eigenvalue weighted by molar-refractivity contribution is 6.33. The topological polar surface area (TPSA) is 41.4 Å². The Kier molecular flexibility index (Phi) is 7.35. The van der Waals surface area contributed by atoms with E-state index in [2.05, 4.69) is 4.90 Å². The van der Waals surface area contributed by atoms with Crippen LogP contribution in [-0.4, -0.2) is 38.6 Å². The van der Waals surface area contributed by atoms with Gasteiger partial charge in [0.05, 0.1) is 34.2 Å². The maximum Gasteiger partial charge on any atom is 0.255 e. The van der Waals surface area contributed by atoms with Crippen LogP contribution in [0.4, 0.5) is 8.78 Å². The van der Waals surface area contributed by atoms with Crippen molar-refractivity contribution in [2.75, 3.05) is 13.1 Å². The first-order valence-corrected chi connectivity index (χ1v) is 12.7. The smallest absolute Gasteiger partial charge is 0.255 e. The molecule has 190 valence electrons. The van der Waals surface area contributed by atoms with Gasteiger partial charge >= 0.3 is 0 Å². The lowest BCUT2D eigenvalue weighted by Crippen LogP contribution is -2.33. The lowest BCUT2D eigenvalue weighted by molar-refractivity contribution is 0.0749. The summed E-state index contributed by atoms with van der Waals surface area (Å²) >= 11 is 6.31. The summed E-state index contributed by atoms with van der Waals surface area (Å²) in [7, 11) is 0. The number of amides is 1. The molecule has 1 aliphatic rings. The van der Waals surface area contributed by atoms with Gasteiger partial charge in [0.1, 0.15) is 11.6 Å². The van der Waals surface area contributed by atoms with Gasteiger partial charge in [0.15, 0.2) is 0 Å². The van der Waals surface area contributed by atoms with Crippen LogP contribution < -0.4 is 0 Å². The summed E-state index contributed by atoms with van der Waals surface area (Å²) in [5.74, 6) is -0.717. The number of carbonyl (C=O) groups is 1. The first-order valence-electron chi connectivity index (χ1n) is 12.3. The van der Waals surface area contributed by atoms with E-state index >= 15 is 0 Å². The summed E-state index contributed by atoms with van der Waals surface area (Å²) in [5.41, 5.74) is 5.17. The molecule has 0 bridgehead atoms. The number of fused-ring (bicyclic) bond motifs is 1. The lowest BCUT2D eigenvalue weighted by Gasteiger charge is -2.28. The Morgan fingerprint density at radius 3 is 2.35 bits per heavy atom. The van der Waals surface area contributed by atoms with Crippen molar-refractivity contribution in [1.82, 2.24) is 19.6 Å². The SMILES string of the molecule is CCN(Cc1nn(-c2ccc(F)cc2)c2c1CN(Cc1ccc(F)cc1)CC2)C(=O)c1ccccc1Cl. The molecule has 0 atom stereocenters. The normalized spacial score (nSPS) is 13.4. The number of carbonyl (C=O) groups excluding carboxylic acids is 1. The summed E-state index contributed by atoms with van der Waals surface area (Å²) in [6, 6.07) is 19.8. The monoisotopic (exact) mass is 520 g/mol. The summed E-state index contributed by atoms with van der Waals surface area (Å²) < 4.78 is 28.9. The number of halogens is 3. The van der Waals surface area contributed by atoms with Crippen LogP contribution >= 0.6 is 11.6 Å². The summed E-state index contributed by atoms with van der Waals surface area (Å²) in [4.78, 5) is 17.4. The van der Waals surface area contributed by atoms with Gasteiger partial charge in [0, 0.05) is 38.2 Å². The van der Waals surface area contributed by atoms with Gasteiger partial charge in [0.25, 0.3) is 5.91 Å². The van der Waals surface area contributed by atoms with Crippen molar-refractivity contribution in [1.29, 1.82) is 0 Å². The number of hydrogen-bond donors (Lipinski definition) is 0. The Morgan fingerprint density at radius 1 is 1.00 bits per heavy atom. The van der Waals surface area contributed by atoms with Crippen molar-refractivity contribution >= 4 is 17.5 Å². The Hall–Kier alpha value is -3.55. The first-order chi connectivity index (χ1) is 17.9. The zero-order valence-electron chi connectivity index (χ0n) is 20.5. The molecule has 8 heteroatoms. The highest BCUT2D eigenvalue weighted by atomic mass is 35.5. The molecule has 1 aromatic heterocycles. The lowest BCUT2D eigenvalue weighted by atomic mass is 10.0. The summed E-state index contributed by atoms with van der Waals surface area (Å²) in [6.45, 7) is 4.85. The highest BCUT2D eigenvalue weighted by Gasteiger charge is 2.28. The Labute approximate surface area is 219 Å². The highest BCUT2D eigenvalue weighted by Crippen LogP contribution is 2.28. The van der Waals surface area contributed by atoms with E-state index in [9.17, 15) is 13.6 Å². The van der Waals surface area contributed by atoms with Gasteiger partial charge in [-0.15, -0.1) is 0 Å². The second-order valence-corrected chi connectivity index (χ2v) is 9.55. The molecule has 2 heterocycles. The third kappa shape index (κ3) is 5.43. The molecule has 0 fully saturated rings. The maximum absolute atomic E-state index is 13.6. The van der Waals surface area contributed by atoms with Gasteiger partial charge in [-0.3, -0.25) is 9.69 Å². The van der Waals surface area contributed by atoms with Crippen LogP contribution in [0.5, 0.6) is 0 Å². The molecule has 0 N–H and O–H groups in total. The van der Waals surface area contributed by atoms with Crippen LogP contribution in [-0.2, 0) is 26.1 Å². The third-order valence-electron chi connectivity index (χ3n) is 6.72. The number of rotatable bonds is 7. The van der Waals surface area contributed by atoms with Crippen molar-refractivity contribution in [3.05, 3.63) is 118 Å². The zero-order valence-corrected chi connectivity index (χ0v) is 21.3. The van der Waals surface area contributed by atoms with Crippen molar-refractivity contribution in [3.63, 3.8) is 0 Å². The summed E-state index contributed by atoms with van der Waals surface area (Å²) in [5, 5.41) is 5.33. The molecule has 5 nitrogen and oxygen atoms in total. The van der Waals surface area contributed by atoms with E-state index in [1.807, 2.05) is 11.6 Å². The summed E-state index contributed by atoms with van der Waals surface area (Å²) in [6.07, 6.45) is 0.742. The standard InChI is InChI=1S/C29H27ClF2N4O/c1-2-35(29(37)24-5-3-4-6-26(24)30)19-27-25-18-34(17-20-7-9-21(31)10-8-20)16-15-28(25)36(33-27)23-13-11-22(32)12-14-23/h3-14H,2,15-19H2,1H3. The molecule has 3 aromatic carbocycles. The number of benzene rings is 3. The second-order valence-electron chi connectivity index (χ2n) is 9.15. The van der Waals surface area contributed by atoms with Gasteiger partial charge < -0.3 is 4.90 Å². The van der Waals surface area contributed by atoms with E-state index in [4.69, 9.17) is 16.7 Å². The fraction of sp³-hybridized carbons (Fsp3) is 0.241. The molecule has 0 unspecified atom stereocenters. The van der Waals surface area contributed by atoms with Crippen molar-refractivity contribution < 1.29 is 13.6 Å². The molecule has 0 spiro atoms. The van der Waals surface area contributed by atoms with Crippen molar-refractivity contribution in [2.24, 2.45) is 0 Å². The van der Waals surface area contributed by atoms with E-state index in [0.717, 1.165) is 41.2 Å². The van der Waals surface area contributed by atoms with E-state index in [1.54, 1.807) is 53.4 Å². The van der Waals surface area contributed by atoms with E-state index in [1.165, 1.54) is 24.3 Å². The number of hydrogen-bond acceptors (Lipinski definition) is 3. The van der Waals surface area contributed by atoms with Crippen LogP contribution in [0.1, 0.15) is 39.8 Å². The fourth-order valence-corrected chi connectivity index (χ4v) is 4.98.